The first-order chi connectivity index (χ1) is 15.9. The lowest BCUT2D eigenvalue weighted by Gasteiger charge is -2.19. The number of anilines is 1. The normalized spacial score (nSPS) is 10.2. The second kappa shape index (κ2) is 10.8. The molecular weight excluding hydrogens is 426 g/mol. The number of hydrogen-bond donors (Lipinski definition) is 0. The van der Waals surface area contributed by atoms with Crippen molar-refractivity contribution in [3.8, 4) is 17.6 Å². The Morgan fingerprint density at radius 1 is 1.12 bits per heavy atom. The zero-order valence-corrected chi connectivity index (χ0v) is 18.5. The highest BCUT2D eigenvalue weighted by atomic mass is 16.5. The molecule has 0 N–H and O–H groups in total. The Bertz CT molecular complexity index is 1150. The first kappa shape index (κ1) is 23.3. The van der Waals surface area contributed by atoms with Crippen molar-refractivity contribution in [3.05, 3.63) is 71.1 Å². The van der Waals surface area contributed by atoms with Crippen molar-refractivity contribution in [2.24, 2.45) is 0 Å². The van der Waals surface area contributed by atoms with Crippen molar-refractivity contribution in [2.45, 2.75) is 20.5 Å². The molecule has 9 heteroatoms. The summed E-state index contributed by atoms with van der Waals surface area (Å²) in [6.07, 6.45) is 0. The Morgan fingerprint density at radius 2 is 1.88 bits per heavy atom. The molecule has 9 nitrogen and oxygen atoms in total. The molecule has 170 valence electrons. The van der Waals surface area contributed by atoms with Gasteiger partial charge in [-0.25, -0.2) is 4.79 Å². The molecule has 0 fully saturated rings. The largest absolute Gasteiger partial charge is 0.493 e. The predicted octanol–water partition coefficient (Wildman–Crippen LogP) is 3.59. The van der Waals surface area contributed by atoms with E-state index in [1.54, 1.807) is 43.3 Å². The molecule has 1 aromatic heterocycles. The molecule has 0 saturated carbocycles. The Labute approximate surface area is 191 Å². The highest BCUT2D eigenvalue weighted by molar-refractivity contribution is 5.97. The van der Waals surface area contributed by atoms with E-state index in [1.165, 1.54) is 24.1 Å². The quantitative estimate of drug-likeness (QED) is 0.360. The van der Waals surface area contributed by atoms with Gasteiger partial charge in [-0.3, -0.25) is 9.69 Å². The number of aromatic nitrogens is 1. The van der Waals surface area contributed by atoms with Crippen molar-refractivity contribution >= 4 is 17.6 Å². The molecular formula is C24H23N3O6. The summed E-state index contributed by atoms with van der Waals surface area (Å²) in [5, 5.41) is 12.9. The highest BCUT2D eigenvalue weighted by Gasteiger charge is 2.19. The summed E-state index contributed by atoms with van der Waals surface area (Å²) in [6.45, 7) is 3.17. The zero-order valence-electron chi connectivity index (χ0n) is 18.5. The van der Waals surface area contributed by atoms with Crippen molar-refractivity contribution in [3.63, 3.8) is 0 Å². The summed E-state index contributed by atoms with van der Waals surface area (Å²) in [6, 6.07) is 15.2. The van der Waals surface area contributed by atoms with Gasteiger partial charge in [-0.2, -0.15) is 5.26 Å². The van der Waals surface area contributed by atoms with Crippen LogP contribution in [-0.4, -0.2) is 37.3 Å². The van der Waals surface area contributed by atoms with Crippen molar-refractivity contribution < 1.29 is 28.3 Å². The summed E-state index contributed by atoms with van der Waals surface area (Å²) in [4.78, 5) is 26.3. The minimum atomic E-state index is -0.705. The molecule has 3 aromatic rings. The Hall–Kier alpha value is -4.32. The number of hydrogen-bond acceptors (Lipinski definition) is 8. The molecule has 0 bridgehead atoms. The minimum absolute atomic E-state index is 0.161. The fraction of sp³-hybridized carbons (Fsp3) is 0.250. The first-order valence-corrected chi connectivity index (χ1v) is 10.1. The average molecular weight is 449 g/mol. The number of esters is 1. The smallest absolute Gasteiger partial charge is 0.338 e. The summed E-state index contributed by atoms with van der Waals surface area (Å²) in [7, 11) is 1.45. The van der Waals surface area contributed by atoms with Gasteiger partial charge in [0.05, 0.1) is 30.0 Å². The van der Waals surface area contributed by atoms with Crippen LogP contribution in [0.4, 0.5) is 5.69 Å². The van der Waals surface area contributed by atoms with E-state index in [4.69, 9.17) is 24.0 Å². The second-order valence-corrected chi connectivity index (χ2v) is 7.01. The molecule has 1 heterocycles. The molecule has 1 amide bonds. The van der Waals surface area contributed by atoms with E-state index in [-0.39, 0.29) is 18.7 Å². The number of benzene rings is 2. The zero-order chi connectivity index (χ0) is 23.8. The number of carbonyl (C=O) groups excluding carboxylic acids is 2. The number of ether oxygens (including phenoxy) is 3. The molecule has 2 aromatic carbocycles. The molecule has 0 saturated heterocycles. The Kier molecular flexibility index (Phi) is 7.65. The average Bonchev–Trinajstić information content (AvgIpc) is 3.16. The SMILES string of the molecule is COc1cc(C(=O)OCC(=O)N(CC#N)c2ccccc2)ccc1OCc1c(C)noc1C. The number of methoxy groups -OCH3 is 1. The maximum absolute atomic E-state index is 12.5. The molecule has 0 spiro atoms. The standard InChI is InChI=1S/C24H23N3O6/c1-16-20(17(2)33-26-16)14-31-21-10-9-18(13-22(21)30-3)24(29)32-15-23(28)27(12-11-25)19-7-5-4-6-8-19/h4-10,13H,12,14-15H2,1-3H3. The number of carbonyl (C=O) groups is 2. The number of para-hydroxylation sites is 1. The number of rotatable bonds is 9. The Balaban J connectivity index is 1.65. The van der Waals surface area contributed by atoms with Gasteiger partial charge in [0.2, 0.25) is 0 Å². The van der Waals surface area contributed by atoms with Gasteiger partial charge in [-0.05, 0) is 44.2 Å². The van der Waals surface area contributed by atoms with Crippen LogP contribution in [0, 0.1) is 25.2 Å². The number of nitrogens with zero attached hydrogens (tertiary/aromatic N) is 3. The van der Waals surface area contributed by atoms with E-state index in [1.807, 2.05) is 13.0 Å². The van der Waals surface area contributed by atoms with Crippen LogP contribution in [0.5, 0.6) is 11.5 Å². The predicted molar refractivity (Wildman–Crippen MR) is 118 cm³/mol. The highest BCUT2D eigenvalue weighted by Crippen LogP contribution is 2.30. The fourth-order valence-corrected chi connectivity index (χ4v) is 3.06. The topological polar surface area (TPSA) is 115 Å². The molecule has 0 aliphatic heterocycles. The third-order valence-corrected chi connectivity index (χ3v) is 4.88. The lowest BCUT2D eigenvalue weighted by molar-refractivity contribution is -0.121. The third-order valence-electron chi connectivity index (χ3n) is 4.88. The number of nitriles is 1. The van der Waals surface area contributed by atoms with Crippen LogP contribution in [0.25, 0.3) is 0 Å². The summed E-state index contributed by atoms with van der Waals surface area (Å²) in [5.74, 6) is 0.205. The van der Waals surface area contributed by atoms with E-state index >= 15 is 0 Å². The van der Waals surface area contributed by atoms with Gasteiger partial charge in [-0.15, -0.1) is 0 Å². The van der Waals surface area contributed by atoms with E-state index < -0.39 is 18.5 Å². The lowest BCUT2D eigenvalue weighted by atomic mass is 10.2. The van der Waals surface area contributed by atoms with Gasteiger partial charge in [0.15, 0.2) is 18.1 Å². The van der Waals surface area contributed by atoms with Crippen molar-refractivity contribution in [2.75, 3.05) is 25.2 Å². The van der Waals surface area contributed by atoms with Crippen molar-refractivity contribution in [1.82, 2.24) is 5.16 Å². The molecule has 3 rings (SSSR count). The van der Waals surface area contributed by atoms with Crippen LogP contribution < -0.4 is 14.4 Å². The summed E-state index contributed by atoms with van der Waals surface area (Å²) < 4.78 is 21.4. The van der Waals surface area contributed by atoms with Crippen LogP contribution in [0.2, 0.25) is 0 Å². The molecule has 0 unspecified atom stereocenters. The third kappa shape index (κ3) is 5.68. The lowest BCUT2D eigenvalue weighted by Crippen LogP contribution is -2.35. The second-order valence-electron chi connectivity index (χ2n) is 7.01. The molecule has 0 aliphatic rings. The minimum Gasteiger partial charge on any atom is -0.493 e. The van der Waals surface area contributed by atoms with E-state index in [2.05, 4.69) is 5.16 Å². The van der Waals surface area contributed by atoms with Gasteiger partial charge in [0, 0.05) is 5.69 Å². The van der Waals surface area contributed by atoms with E-state index in [9.17, 15) is 9.59 Å². The van der Waals surface area contributed by atoms with Gasteiger partial charge < -0.3 is 18.7 Å². The van der Waals surface area contributed by atoms with E-state index in [0.29, 0.717) is 22.9 Å². The van der Waals surface area contributed by atoms with Crippen LogP contribution in [0.3, 0.4) is 0 Å². The van der Waals surface area contributed by atoms with E-state index in [0.717, 1.165) is 11.3 Å². The number of amides is 1. The number of aryl methyl sites for hydroxylation is 2. The van der Waals surface area contributed by atoms with Gasteiger partial charge in [0.25, 0.3) is 5.91 Å². The fourth-order valence-electron chi connectivity index (χ4n) is 3.06. The van der Waals surface area contributed by atoms with Gasteiger partial charge in [-0.1, -0.05) is 23.4 Å². The summed E-state index contributed by atoms with van der Waals surface area (Å²) >= 11 is 0. The van der Waals surface area contributed by atoms with Crippen LogP contribution in [0.1, 0.15) is 27.4 Å². The molecule has 33 heavy (non-hydrogen) atoms. The molecule has 0 atom stereocenters. The van der Waals surface area contributed by atoms with Crippen LogP contribution in [0.15, 0.2) is 53.1 Å². The van der Waals surface area contributed by atoms with Gasteiger partial charge in [0.1, 0.15) is 18.9 Å². The summed E-state index contributed by atoms with van der Waals surface area (Å²) in [5.41, 5.74) is 2.30. The van der Waals surface area contributed by atoms with Crippen molar-refractivity contribution in [1.29, 1.82) is 5.26 Å². The molecule has 0 radical (unpaired) electrons. The maximum atomic E-state index is 12.5. The Morgan fingerprint density at radius 3 is 2.52 bits per heavy atom. The van der Waals surface area contributed by atoms with Crippen LogP contribution >= 0.6 is 0 Å². The van der Waals surface area contributed by atoms with Gasteiger partial charge >= 0.3 is 5.97 Å². The van der Waals surface area contributed by atoms with Crippen LogP contribution in [-0.2, 0) is 16.1 Å². The first-order valence-electron chi connectivity index (χ1n) is 10.1. The monoisotopic (exact) mass is 449 g/mol. The maximum Gasteiger partial charge on any atom is 0.338 e. The molecule has 0 aliphatic carbocycles.